The molecule has 0 atom stereocenters. The largest absolute Gasteiger partial charge is 0.369 e. The van der Waals surface area contributed by atoms with Crippen molar-refractivity contribution in [3.8, 4) is 0 Å². The van der Waals surface area contributed by atoms with Crippen LogP contribution in [0.1, 0.15) is 36.0 Å². The second-order valence-corrected chi connectivity index (χ2v) is 4.88. The third kappa shape index (κ3) is 2.89. The second kappa shape index (κ2) is 5.08. The molecule has 0 radical (unpaired) electrons. The van der Waals surface area contributed by atoms with Crippen LogP contribution in [0.15, 0.2) is 28.8 Å². The van der Waals surface area contributed by atoms with Crippen LogP contribution in [-0.4, -0.2) is 10.1 Å². The summed E-state index contributed by atoms with van der Waals surface area (Å²) in [6.45, 7) is 0.892. The normalized spacial score (nSPS) is 14.9. The van der Waals surface area contributed by atoms with Gasteiger partial charge in [-0.25, -0.2) is 0 Å². The van der Waals surface area contributed by atoms with Gasteiger partial charge in [-0.15, -0.1) is 0 Å². The van der Waals surface area contributed by atoms with Gasteiger partial charge >= 0.3 is 0 Å². The number of benzene rings is 1. The maximum absolute atomic E-state index is 5.81. The Kier molecular flexibility index (Phi) is 3.30. The standard InChI is InChI=1S/C13H13ClN2O2/c14-11-5-1-9(2-6-11)7-17-8-12-15-13(18-16-12)10-3-4-10/h1-2,5-6,10H,3-4,7-8H2. The quantitative estimate of drug-likeness (QED) is 0.831. The van der Waals surface area contributed by atoms with Crippen LogP contribution in [0, 0.1) is 0 Å². The molecule has 2 aromatic rings. The molecule has 1 fully saturated rings. The molecule has 4 nitrogen and oxygen atoms in total. The molecule has 0 unspecified atom stereocenters. The molecule has 0 spiro atoms. The molecule has 94 valence electrons. The molecule has 0 N–H and O–H groups in total. The number of hydrogen-bond donors (Lipinski definition) is 0. The van der Waals surface area contributed by atoms with E-state index < -0.39 is 0 Å². The molecule has 1 aliphatic carbocycles. The lowest BCUT2D eigenvalue weighted by atomic mass is 10.2. The lowest BCUT2D eigenvalue weighted by molar-refractivity contribution is 0.0999. The van der Waals surface area contributed by atoms with Crippen molar-refractivity contribution in [2.24, 2.45) is 0 Å². The molecular formula is C13H13ClN2O2. The average Bonchev–Trinajstić information content (AvgIpc) is 3.12. The van der Waals surface area contributed by atoms with Gasteiger partial charge in [0.25, 0.3) is 0 Å². The highest BCUT2D eigenvalue weighted by atomic mass is 35.5. The van der Waals surface area contributed by atoms with Crippen LogP contribution in [0.2, 0.25) is 5.02 Å². The van der Waals surface area contributed by atoms with Crippen LogP contribution in [0.25, 0.3) is 0 Å². The van der Waals surface area contributed by atoms with E-state index in [-0.39, 0.29) is 0 Å². The topological polar surface area (TPSA) is 48.2 Å². The van der Waals surface area contributed by atoms with Gasteiger partial charge in [0, 0.05) is 10.9 Å². The van der Waals surface area contributed by atoms with Gasteiger partial charge in [0.15, 0.2) is 5.82 Å². The third-order valence-electron chi connectivity index (χ3n) is 2.82. The molecule has 0 amide bonds. The molecule has 0 bridgehead atoms. The number of hydrogen-bond acceptors (Lipinski definition) is 4. The van der Waals surface area contributed by atoms with Gasteiger partial charge in [0.05, 0.1) is 6.61 Å². The van der Waals surface area contributed by atoms with E-state index in [9.17, 15) is 0 Å². The fourth-order valence-electron chi connectivity index (χ4n) is 1.66. The number of halogens is 1. The van der Waals surface area contributed by atoms with Crippen LogP contribution >= 0.6 is 11.6 Å². The van der Waals surface area contributed by atoms with E-state index in [1.165, 1.54) is 0 Å². The molecule has 18 heavy (non-hydrogen) atoms. The van der Waals surface area contributed by atoms with E-state index in [1.807, 2.05) is 24.3 Å². The van der Waals surface area contributed by atoms with Crippen LogP contribution < -0.4 is 0 Å². The van der Waals surface area contributed by atoms with Crippen molar-refractivity contribution in [3.63, 3.8) is 0 Å². The number of aromatic nitrogens is 2. The fourth-order valence-corrected chi connectivity index (χ4v) is 1.79. The van der Waals surface area contributed by atoms with Crippen molar-refractivity contribution < 1.29 is 9.26 Å². The van der Waals surface area contributed by atoms with Crippen LogP contribution in [0.4, 0.5) is 0 Å². The van der Waals surface area contributed by atoms with Crippen LogP contribution in [0.5, 0.6) is 0 Å². The Bertz CT molecular complexity index is 520. The van der Waals surface area contributed by atoms with Gasteiger partial charge in [-0.05, 0) is 30.5 Å². The van der Waals surface area contributed by atoms with Crippen molar-refractivity contribution >= 4 is 11.6 Å². The fraction of sp³-hybridized carbons (Fsp3) is 0.385. The average molecular weight is 265 g/mol. The Morgan fingerprint density at radius 3 is 2.72 bits per heavy atom. The molecule has 0 saturated heterocycles. The highest BCUT2D eigenvalue weighted by Crippen LogP contribution is 2.38. The van der Waals surface area contributed by atoms with Gasteiger partial charge in [-0.1, -0.05) is 28.9 Å². The lowest BCUT2D eigenvalue weighted by Gasteiger charge is -2.01. The minimum absolute atomic E-state index is 0.374. The van der Waals surface area contributed by atoms with Crippen molar-refractivity contribution in [1.82, 2.24) is 10.1 Å². The lowest BCUT2D eigenvalue weighted by Crippen LogP contribution is -1.96. The highest BCUT2D eigenvalue weighted by Gasteiger charge is 2.29. The van der Waals surface area contributed by atoms with Gasteiger partial charge in [-0.3, -0.25) is 0 Å². The molecule has 1 aliphatic rings. The minimum atomic E-state index is 0.374. The van der Waals surface area contributed by atoms with Crippen molar-refractivity contribution in [1.29, 1.82) is 0 Å². The first kappa shape index (κ1) is 11.7. The highest BCUT2D eigenvalue weighted by molar-refractivity contribution is 6.30. The molecule has 5 heteroatoms. The Balaban J connectivity index is 1.49. The summed E-state index contributed by atoms with van der Waals surface area (Å²) in [6, 6.07) is 7.57. The molecule has 1 heterocycles. The molecule has 1 aromatic heterocycles. The predicted octanol–water partition coefficient (Wildman–Crippen LogP) is 3.32. The molecule has 0 aliphatic heterocycles. The summed E-state index contributed by atoms with van der Waals surface area (Å²) >= 11 is 5.81. The van der Waals surface area contributed by atoms with Gasteiger partial charge in [0.1, 0.15) is 6.61 Å². The first-order chi connectivity index (χ1) is 8.81. The monoisotopic (exact) mass is 264 g/mol. The minimum Gasteiger partial charge on any atom is -0.369 e. The zero-order valence-corrected chi connectivity index (χ0v) is 10.6. The molecule has 1 aromatic carbocycles. The van der Waals surface area contributed by atoms with Crippen molar-refractivity contribution in [2.75, 3.05) is 0 Å². The Labute approximate surface area is 110 Å². The Morgan fingerprint density at radius 1 is 1.22 bits per heavy atom. The maximum Gasteiger partial charge on any atom is 0.229 e. The van der Waals surface area contributed by atoms with Gasteiger partial charge in [-0.2, -0.15) is 4.98 Å². The number of ether oxygens (including phenoxy) is 1. The molecule has 1 saturated carbocycles. The zero-order valence-electron chi connectivity index (χ0n) is 9.80. The number of nitrogens with zero attached hydrogens (tertiary/aromatic N) is 2. The van der Waals surface area contributed by atoms with E-state index >= 15 is 0 Å². The predicted molar refractivity (Wildman–Crippen MR) is 66.2 cm³/mol. The van der Waals surface area contributed by atoms with Crippen LogP contribution in [0.3, 0.4) is 0 Å². The molecular weight excluding hydrogens is 252 g/mol. The SMILES string of the molecule is Clc1ccc(COCc2noc(C3CC3)n2)cc1. The van der Waals surface area contributed by atoms with Gasteiger partial charge < -0.3 is 9.26 Å². The first-order valence-corrected chi connectivity index (χ1v) is 6.34. The van der Waals surface area contributed by atoms with E-state index in [4.69, 9.17) is 20.9 Å². The summed E-state index contributed by atoms with van der Waals surface area (Å²) in [7, 11) is 0. The van der Waals surface area contributed by atoms with E-state index in [1.54, 1.807) is 0 Å². The summed E-state index contributed by atoms with van der Waals surface area (Å²) in [5.41, 5.74) is 1.07. The van der Waals surface area contributed by atoms with E-state index in [0.29, 0.717) is 25.0 Å². The summed E-state index contributed by atoms with van der Waals surface area (Å²) in [5, 5.41) is 4.62. The third-order valence-corrected chi connectivity index (χ3v) is 3.08. The summed E-state index contributed by atoms with van der Waals surface area (Å²) in [5.74, 6) is 1.86. The maximum atomic E-state index is 5.81. The Hall–Kier alpha value is -1.39. The zero-order chi connectivity index (χ0) is 12.4. The Morgan fingerprint density at radius 2 is 2.00 bits per heavy atom. The second-order valence-electron chi connectivity index (χ2n) is 4.44. The van der Waals surface area contributed by atoms with Crippen LogP contribution in [-0.2, 0) is 18.0 Å². The molecule has 3 rings (SSSR count). The summed E-state index contributed by atoms with van der Waals surface area (Å²) in [6.07, 6.45) is 2.32. The first-order valence-electron chi connectivity index (χ1n) is 5.96. The number of rotatable bonds is 5. The van der Waals surface area contributed by atoms with Crippen molar-refractivity contribution in [2.45, 2.75) is 32.0 Å². The smallest absolute Gasteiger partial charge is 0.229 e. The van der Waals surface area contributed by atoms with Gasteiger partial charge in [0.2, 0.25) is 5.89 Å². The van der Waals surface area contributed by atoms with Crippen molar-refractivity contribution in [3.05, 3.63) is 46.6 Å². The summed E-state index contributed by atoms with van der Waals surface area (Å²) < 4.78 is 10.7. The summed E-state index contributed by atoms with van der Waals surface area (Å²) in [4.78, 5) is 4.29. The van der Waals surface area contributed by atoms with E-state index in [0.717, 1.165) is 29.3 Å². The van der Waals surface area contributed by atoms with E-state index in [2.05, 4.69) is 10.1 Å².